The van der Waals surface area contributed by atoms with Crippen molar-refractivity contribution in [2.75, 3.05) is 19.0 Å². The molecule has 2 rings (SSSR count). The third kappa shape index (κ3) is 3.10. The zero-order valence-electron chi connectivity index (χ0n) is 10.2. The molecular formula is C13H15N3O2. The first-order valence-electron chi connectivity index (χ1n) is 5.69. The molecule has 1 N–H and O–H groups in total. The van der Waals surface area contributed by atoms with Crippen LogP contribution >= 0.6 is 0 Å². The molecule has 18 heavy (non-hydrogen) atoms. The molecule has 0 spiro atoms. The van der Waals surface area contributed by atoms with E-state index in [1.54, 1.807) is 42.3 Å². The fourth-order valence-corrected chi connectivity index (χ4v) is 1.57. The quantitative estimate of drug-likeness (QED) is 0.864. The Morgan fingerprint density at radius 2 is 2.22 bits per heavy atom. The van der Waals surface area contributed by atoms with E-state index in [0.29, 0.717) is 19.0 Å². The summed E-state index contributed by atoms with van der Waals surface area (Å²) in [4.78, 5) is 15.5. The molecule has 0 fully saturated rings. The van der Waals surface area contributed by atoms with Gasteiger partial charge in [0.25, 0.3) is 5.56 Å². The van der Waals surface area contributed by atoms with Crippen LogP contribution in [0.15, 0.2) is 47.5 Å². The van der Waals surface area contributed by atoms with Gasteiger partial charge in [0.15, 0.2) is 0 Å². The van der Waals surface area contributed by atoms with Crippen molar-refractivity contribution in [1.29, 1.82) is 0 Å². The highest BCUT2D eigenvalue weighted by Gasteiger charge is 1.96. The van der Waals surface area contributed by atoms with Crippen molar-refractivity contribution >= 4 is 5.69 Å². The first-order valence-corrected chi connectivity index (χ1v) is 5.69. The van der Waals surface area contributed by atoms with Gasteiger partial charge in [0, 0.05) is 31.4 Å². The van der Waals surface area contributed by atoms with Crippen molar-refractivity contribution in [2.24, 2.45) is 0 Å². The highest BCUT2D eigenvalue weighted by molar-refractivity contribution is 5.41. The molecule has 0 aliphatic rings. The smallest absolute Gasteiger partial charge is 0.250 e. The summed E-state index contributed by atoms with van der Waals surface area (Å²) in [5.74, 6) is 0.583. The summed E-state index contributed by atoms with van der Waals surface area (Å²) in [5.41, 5.74) is 0.909. The maximum atomic E-state index is 11.5. The van der Waals surface area contributed by atoms with Gasteiger partial charge in [-0.1, -0.05) is 6.07 Å². The Kier molecular flexibility index (Phi) is 3.96. The minimum atomic E-state index is 0.00663. The van der Waals surface area contributed by atoms with Gasteiger partial charge >= 0.3 is 0 Å². The number of pyridine rings is 2. The monoisotopic (exact) mass is 245 g/mol. The Hall–Kier alpha value is -2.30. The standard InChI is InChI=1S/C13H15N3O2/c1-18-12-6-5-11(10-15-12)14-7-9-16-8-3-2-4-13(16)17/h2-6,8,10,14H,7,9H2,1H3. The molecule has 0 saturated carbocycles. The molecule has 0 aliphatic heterocycles. The van der Waals surface area contributed by atoms with Gasteiger partial charge < -0.3 is 14.6 Å². The Bertz CT molecular complexity index is 549. The van der Waals surface area contributed by atoms with Gasteiger partial charge in [0.1, 0.15) is 0 Å². The lowest BCUT2D eigenvalue weighted by Gasteiger charge is -2.08. The Morgan fingerprint density at radius 1 is 1.33 bits per heavy atom. The van der Waals surface area contributed by atoms with Crippen LogP contribution in [0.1, 0.15) is 0 Å². The van der Waals surface area contributed by atoms with E-state index < -0.39 is 0 Å². The van der Waals surface area contributed by atoms with Gasteiger partial charge in [-0.15, -0.1) is 0 Å². The average molecular weight is 245 g/mol. The van der Waals surface area contributed by atoms with Crippen molar-refractivity contribution in [3.63, 3.8) is 0 Å². The minimum Gasteiger partial charge on any atom is -0.481 e. The lowest BCUT2D eigenvalue weighted by Crippen LogP contribution is -2.21. The number of nitrogens with one attached hydrogen (secondary N) is 1. The molecule has 0 aromatic carbocycles. The van der Waals surface area contributed by atoms with Gasteiger partial charge in [-0.2, -0.15) is 0 Å². The van der Waals surface area contributed by atoms with E-state index >= 15 is 0 Å². The average Bonchev–Trinajstić information content (AvgIpc) is 2.42. The van der Waals surface area contributed by atoms with Crippen LogP contribution in [-0.4, -0.2) is 23.2 Å². The van der Waals surface area contributed by atoms with Crippen molar-refractivity contribution in [1.82, 2.24) is 9.55 Å². The second kappa shape index (κ2) is 5.86. The zero-order valence-corrected chi connectivity index (χ0v) is 10.2. The summed E-state index contributed by atoms with van der Waals surface area (Å²) >= 11 is 0. The zero-order chi connectivity index (χ0) is 12.8. The van der Waals surface area contributed by atoms with Crippen molar-refractivity contribution in [2.45, 2.75) is 6.54 Å². The Labute approximate surface area is 105 Å². The summed E-state index contributed by atoms with van der Waals surface area (Å²) in [6.45, 7) is 1.28. The maximum Gasteiger partial charge on any atom is 0.250 e. The molecule has 0 bridgehead atoms. The summed E-state index contributed by atoms with van der Waals surface area (Å²) < 4.78 is 6.63. The first kappa shape index (κ1) is 12.2. The van der Waals surface area contributed by atoms with E-state index in [4.69, 9.17) is 4.74 Å². The maximum absolute atomic E-state index is 11.5. The number of nitrogens with zero attached hydrogens (tertiary/aromatic N) is 2. The van der Waals surface area contributed by atoms with Gasteiger partial charge in [0.2, 0.25) is 5.88 Å². The number of hydrogen-bond donors (Lipinski definition) is 1. The third-order valence-corrected chi connectivity index (χ3v) is 2.53. The van der Waals surface area contributed by atoms with Crippen molar-refractivity contribution in [3.8, 4) is 5.88 Å². The predicted molar refractivity (Wildman–Crippen MR) is 70.0 cm³/mol. The van der Waals surface area contributed by atoms with E-state index in [1.807, 2.05) is 12.1 Å². The van der Waals surface area contributed by atoms with Crippen LogP contribution < -0.4 is 15.6 Å². The van der Waals surface area contributed by atoms with Crippen LogP contribution in [0, 0.1) is 0 Å². The summed E-state index contributed by atoms with van der Waals surface area (Å²) in [5, 5.41) is 3.19. The topological polar surface area (TPSA) is 56.1 Å². The van der Waals surface area contributed by atoms with E-state index in [1.165, 1.54) is 0 Å². The van der Waals surface area contributed by atoms with E-state index in [0.717, 1.165) is 5.69 Å². The highest BCUT2D eigenvalue weighted by atomic mass is 16.5. The van der Waals surface area contributed by atoms with Gasteiger partial charge in [-0.05, 0) is 12.1 Å². The van der Waals surface area contributed by atoms with Crippen LogP contribution in [0.4, 0.5) is 5.69 Å². The van der Waals surface area contributed by atoms with Gasteiger partial charge in [0.05, 0.1) is 19.0 Å². The van der Waals surface area contributed by atoms with E-state index in [-0.39, 0.29) is 5.56 Å². The molecule has 2 heterocycles. The SMILES string of the molecule is COc1ccc(NCCn2ccccc2=O)cn1. The summed E-state index contributed by atoms with van der Waals surface area (Å²) in [6.07, 6.45) is 3.48. The van der Waals surface area contributed by atoms with Gasteiger partial charge in [-0.3, -0.25) is 4.79 Å². The molecule has 5 nitrogen and oxygen atoms in total. The lowest BCUT2D eigenvalue weighted by atomic mass is 10.4. The normalized spacial score (nSPS) is 10.1. The minimum absolute atomic E-state index is 0.00663. The van der Waals surface area contributed by atoms with Crippen molar-refractivity contribution < 1.29 is 4.74 Å². The molecular weight excluding hydrogens is 230 g/mol. The van der Waals surface area contributed by atoms with Gasteiger partial charge in [-0.25, -0.2) is 4.98 Å². The lowest BCUT2D eigenvalue weighted by molar-refractivity contribution is 0.398. The molecule has 2 aromatic rings. The fraction of sp³-hybridized carbons (Fsp3) is 0.231. The Balaban J connectivity index is 1.88. The summed E-state index contributed by atoms with van der Waals surface area (Å²) in [7, 11) is 1.58. The molecule has 5 heteroatoms. The Morgan fingerprint density at radius 3 is 2.89 bits per heavy atom. The first-order chi connectivity index (χ1) is 8.79. The van der Waals surface area contributed by atoms with Crippen molar-refractivity contribution in [3.05, 3.63) is 53.1 Å². The molecule has 94 valence electrons. The van der Waals surface area contributed by atoms with Crippen LogP contribution in [-0.2, 0) is 6.54 Å². The summed E-state index contributed by atoms with van der Waals surface area (Å²) in [6, 6.07) is 8.81. The molecule has 2 aromatic heterocycles. The molecule has 0 saturated heterocycles. The van der Waals surface area contributed by atoms with E-state index in [9.17, 15) is 4.79 Å². The second-order valence-electron chi connectivity index (χ2n) is 3.75. The number of rotatable bonds is 5. The van der Waals surface area contributed by atoms with Crippen LogP contribution in [0.3, 0.4) is 0 Å². The number of aromatic nitrogens is 2. The predicted octanol–water partition coefficient (Wildman–Crippen LogP) is 1.36. The molecule has 0 radical (unpaired) electrons. The highest BCUT2D eigenvalue weighted by Crippen LogP contribution is 2.10. The largest absolute Gasteiger partial charge is 0.481 e. The number of anilines is 1. The third-order valence-electron chi connectivity index (χ3n) is 2.53. The molecule has 0 unspecified atom stereocenters. The van der Waals surface area contributed by atoms with Crippen LogP contribution in [0.2, 0.25) is 0 Å². The molecule has 0 aliphatic carbocycles. The fourth-order valence-electron chi connectivity index (χ4n) is 1.57. The number of hydrogen-bond acceptors (Lipinski definition) is 4. The number of methoxy groups -OCH3 is 1. The van der Waals surface area contributed by atoms with E-state index in [2.05, 4.69) is 10.3 Å². The molecule has 0 atom stereocenters. The molecule has 0 amide bonds. The number of ether oxygens (including phenoxy) is 1. The van der Waals surface area contributed by atoms with Crippen LogP contribution in [0.5, 0.6) is 5.88 Å². The second-order valence-corrected chi connectivity index (χ2v) is 3.75. The van der Waals surface area contributed by atoms with Crippen LogP contribution in [0.25, 0.3) is 0 Å².